The quantitative estimate of drug-likeness (QED) is 0.699. The molecule has 0 saturated carbocycles. The molecule has 1 radical (unpaired) electrons. The first-order valence-electron chi connectivity index (χ1n) is 3.40. The number of benzene rings is 1. The molecule has 0 amide bonds. The van der Waals surface area contributed by atoms with Crippen molar-refractivity contribution in [2.75, 3.05) is 7.11 Å². The number of methoxy groups -OCH3 is 1. The van der Waals surface area contributed by atoms with Crippen LogP contribution >= 0.6 is 0 Å². The minimum atomic E-state index is 0.715. The predicted octanol–water partition coefficient (Wildman–Crippen LogP) is 1.89. The Balaban J connectivity index is 3.13. The second kappa shape index (κ2) is 3.39. The third kappa shape index (κ3) is 1.52. The summed E-state index contributed by atoms with van der Waals surface area (Å²) in [5.41, 5.74) is 1.74. The van der Waals surface area contributed by atoms with Crippen molar-refractivity contribution in [2.45, 2.75) is 6.92 Å². The van der Waals surface area contributed by atoms with Gasteiger partial charge in [-0.05, 0) is 12.5 Å². The molecule has 1 aromatic carbocycles. The lowest BCUT2D eigenvalue weighted by Gasteiger charge is -2.07. The third-order valence-corrected chi connectivity index (χ3v) is 1.59. The van der Waals surface area contributed by atoms with Crippen molar-refractivity contribution < 1.29 is 9.84 Å². The third-order valence-electron chi connectivity index (χ3n) is 1.59. The first-order chi connectivity index (χ1) is 5.29. The van der Waals surface area contributed by atoms with Gasteiger partial charge in [-0.25, -0.2) is 0 Å². The number of para-hydroxylation sites is 1. The molecule has 0 aliphatic rings. The molecule has 0 atom stereocenters. The van der Waals surface area contributed by atoms with Gasteiger partial charge in [0.1, 0.15) is 12.4 Å². The Labute approximate surface area is 66.4 Å². The molecule has 0 aromatic heterocycles. The highest BCUT2D eigenvalue weighted by Gasteiger charge is 2.03. The normalized spacial score (nSPS) is 9.73. The van der Waals surface area contributed by atoms with Crippen LogP contribution in [0, 0.1) is 13.5 Å². The van der Waals surface area contributed by atoms with Crippen molar-refractivity contribution in [1.82, 2.24) is 0 Å². The molecule has 0 spiro atoms. The number of rotatable bonds is 2. The van der Waals surface area contributed by atoms with Crippen molar-refractivity contribution in [3.63, 3.8) is 0 Å². The average molecular weight is 151 g/mol. The molecule has 0 heterocycles. The summed E-state index contributed by atoms with van der Waals surface area (Å²) in [4.78, 5) is 0. The van der Waals surface area contributed by atoms with Gasteiger partial charge in [0.05, 0.1) is 7.11 Å². The minimum Gasteiger partial charge on any atom is -0.496 e. The van der Waals surface area contributed by atoms with Crippen LogP contribution in [0.4, 0.5) is 0 Å². The van der Waals surface area contributed by atoms with Crippen LogP contribution < -0.4 is 4.74 Å². The summed E-state index contributed by atoms with van der Waals surface area (Å²) in [6.07, 6.45) is 0. The Morgan fingerprint density at radius 2 is 2.18 bits per heavy atom. The van der Waals surface area contributed by atoms with E-state index in [1.54, 1.807) is 13.2 Å². The van der Waals surface area contributed by atoms with Gasteiger partial charge >= 0.3 is 0 Å². The standard InChI is InChI=1S/C9H11O2/c1-7-4-3-5-8(6-10)9(7)11-2/h3-6,10H,1-2H3. The minimum absolute atomic E-state index is 0.715. The Morgan fingerprint density at radius 1 is 1.45 bits per heavy atom. The average Bonchev–Trinajstić information content (AvgIpc) is 2.04. The summed E-state index contributed by atoms with van der Waals surface area (Å²) in [6, 6.07) is 5.61. The Hall–Kier alpha value is -1.02. The molecule has 59 valence electrons. The van der Waals surface area contributed by atoms with E-state index in [1.807, 2.05) is 19.1 Å². The molecule has 0 aliphatic heterocycles. The zero-order valence-electron chi connectivity index (χ0n) is 6.66. The molecule has 1 N–H and O–H groups in total. The maximum Gasteiger partial charge on any atom is 0.127 e. The summed E-state index contributed by atoms with van der Waals surface area (Å²) in [5, 5.41) is 8.77. The highest BCUT2D eigenvalue weighted by Crippen LogP contribution is 2.22. The van der Waals surface area contributed by atoms with Gasteiger partial charge in [-0.2, -0.15) is 0 Å². The van der Waals surface area contributed by atoms with Crippen LogP contribution in [0.3, 0.4) is 0 Å². The summed E-state index contributed by atoms with van der Waals surface area (Å²) in [7, 11) is 1.59. The monoisotopic (exact) mass is 151 g/mol. The van der Waals surface area contributed by atoms with Crippen LogP contribution in [0.1, 0.15) is 11.1 Å². The Kier molecular flexibility index (Phi) is 2.49. The highest BCUT2D eigenvalue weighted by atomic mass is 16.5. The van der Waals surface area contributed by atoms with E-state index in [2.05, 4.69) is 0 Å². The first kappa shape index (κ1) is 8.08. The number of aliphatic hydroxyl groups is 1. The van der Waals surface area contributed by atoms with Crippen LogP contribution in [0.5, 0.6) is 5.75 Å². The van der Waals surface area contributed by atoms with E-state index in [0.29, 0.717) is 5.56 Å². The fourth-order valence-electron chi connectivity index (χ4n) is 1.06. The molecule has 1 aromatic rings. The van der Waals surface area contributed by atoms with E-state index >= 15 is 0 Å². The van der Waals surface area contributed by atoms with Gasteiger partial charge in [0.25, 0.3) is 0 Å². The van der Waals surface area contributed by atoms with E-state index in [4.69, 9.17) is 9.84 Å². The topological polar surface area (TPSA) is 29.5 Å². The Bertz CT molecular complexity index is 243. The molecule has 0 aliphatic carbocycles. The largest absolute Gasteiger partial charge is 0.496 e. The van der Waals surface area contributed by atoms with Crippen LogP contribution in [0.15, 0.2) is 18.2 Å². The molecule has 1 rings (SSSR count). The second-order valence-corrected chi connectivity index (χ2v) is 2.33. The van der Waals surface area contributed by atoms with Gasteiger partial charge in [-0.3, -0.25) is 0 Å². The van der Waals surface area contributed by atoms with E-state index in [9.17, 15) is 0 Å². The lowest BCUT2D eigenvalue weighted by atomic mass is 10.1. The maximum atomic E-state index is 8.77. The van der Waals surface area contributed by atoms with Crippen LogP contribution in [0.2, 0.25) is 0 Å². The van der Waals surface area contributed by atoms with Gasteiger partial charge in [-0.15, -0.1) is 0 Å². The molecular weight excluding hydrogens is 140 g/mol. The van der Waals surface area contributed by atoms with E-state index < -0.39 is 0 Å². The van der Waals surface area contributed by atoms with Crippen LogP contribution in [0.25, 0.3) is 0 Å². The molecule has 0 fully saturated rings. The number of ether oxygens (including phenoxy) is 1. The first-order valence-corrected chi connectivity index (χ1v) is 3.40. The van der Waals surface area contributed by atoms with Crippen LogP contribution in [-0.2, 0) is 0 Å². The molecule has 0 unspecified atom stereocenters. The predicted molar refractivity (Wildman–Crippen MR) is 43.1 cm³/mol. The highest BCUT2D eigenvalue weighted by molar-refractivity contribution is 5.43. The lowest BCUT2D eigenvalue weighted by Crippen LogP contribution is -1.92. The Morgan fingerprint density at radius 3 is 2.64 bits per heavy atom. The molecule has 0 bridgehead atoms. The summed E-state index contributed by atoms with van der Waals surface area (Å²) >= 11 is 0. The van der Waals surface area contributed by atoms with E-state index in [-0.39, 0.29) is 0 Å². The van der Waals surface area contributed by atoms with E-state index in [1.165, 1.54) is 0 Å². The molecule has 2 nitrogen and oxygen atoms in total. The fourth-order valence-corrected chi connectivity index (χ4v) is 1.06. The summed E-state index contributed by atoms with van der Waals surface area (Å²) in [6.45, 7) is 2.98. The van der Waals surface area contributed by atoms with Gasteiger partial charge in [-0.1, -0.05) is 18.2 Å². The summed E-state index contributed by atoms with van der Waals surface area (Å²) < 4.78 is 5.08. The van der Waals surface area contributed by atoms with Gasteiger partial charge < -0.3 is 9.84 Å². The van der Waals surface area contributed by atoms with E-state index in [0.717, 1.165) is 17.9 Å². The molecular formula is C9H11O2. The zero-order valence-corrected chi connectivity index (χ0v) is 6.66. The molecule has 11 heavy (non-hydrogen) atoms. The van der Waals surface area contributed by atoms with Crippen molar-refractivity contribution in [3.8, 4) is 5.75 Å². The van der Waals surface area contributed by atoms with Crippen molar-refractivity contribution in [3.05, 3.63) is 35.9 Å². The molecule has 0 saturated heterocycles. The van der Waals surface area contributed by atoms with Crippen molar-refractivity contribution in [1.29, 1.82) is 0 Å². The van der Waals surface area contributed by atoms with Crippen molar-refractivity contribution >= 4 is 0 Å². The van der Waals surface area contributed by atoms with Crippen molar-refractivity contribution in [2.24, 2.45) is 0 Å². The zero-order chi connectivity index (χ0) is 8.27. The number of hydrogen-bond donors (Lipinski definition) is 1. The maximum absolute atomic E-state index is 8.77. The molecule has 2 heteroatoms. The lowest BCUT2D eigenvalue weighted by molar-refractivity contribution is 0.382. The smallest absolute Gasteiger partial charge is 0.127 e. The van der Waals surface area contributed by atoms with Gasteiger partial charge in [0, 0.05) is 5.56 Å². The summed E-state index contributed by atoms with van der Waals surface area (Å²) in [5.74, 6) is 0.731. The SMILES string of the molecule is COc1c(C)cccc1[CH]O. The van der Waals surface area contributed by atoms with Gasteiger partial charge in [0.2, 0.25) is 0 Å². The number of aliphatic hydroxyl groups excluding tert-OH is 1. The fraction of sp³-hybridized carbons (Fsp3) is 0.222. The second-order valence-electron chi connectivity index (χ2n) is 2.33. The number of aryl methyl sites for hydroxylation is 1. The number of hydrogen-bond acceptors (Lipinski definition) is 2. The van der Waals surface area contributed by atoms with Crippen LogP contribution in [-0.4, -0.2) is 12.2 Å². The van der Waals surface area contributed by atoms with Gasteiger partial charge in [0.15, 0.2) is 0 Å².